The summed E-state index contributed by atoms with van der Waals surface area (Å²) in [6, 6.07) is 18.0. The van der Waals surface area contributed by atoms with Crippen LogP contribution in [0.25, 0.3) is 17.1 Å². The quantitative estimate of drug-likeness (QED) is 0.778. The van der Waals surface area contributed by atoms with E-state index in [1.807, 2.05) is 0 Å². The molecule has 0 atom stereocenters. The molecule has 22 heavy (non-hydrogen) atoms. The second-order valence-electron chi connectivity index (χ2n) is 4.55. The van der Waals surface area contributed by atoms with Gasteiger partial charge >= 0.3 is 0 Å². The van der Waals surface area contributed by atoms with E-state index in [0.29, 0.717) is 17.0 Å². The van der Waals surface area contributed by atoms with Gasteiger partial charge in [0.15, 0.2) is 5.82 Å². The van der Waals surface area contributed by atoms with Gasteiger partial charge in [0.2, 0.25) is 5.95 Å². The van der Waals surface area contributed by atoms with Crippen molar-refractivity contribution in [3.8, 4) is 29.2 Å². The van der Waals surface area contributed by atoms with E-state index in [0.717, 1.165) is 11.3 Å². The zero-order chi connectivity index (χ0) is 15.5. The van der Waals surface area contributed by atoms with Gasteiger partial charge in [-0.05, 0) is 48.5 Å². The third-order valence-electron chi connectivity index (χ3n) is 3.15. The van der Waals surface area contributed by atoms with E-state index in [-0.39, 0.29) is 5.95 Å². The molecule has 0 saturated heterocycles. The topological polar surface area (TPSA) is 104 Å². The Kier molecular flexibility index (Phi) is 3.27. The summed E-state index contributed by atoms with van der Waals surface area (Å²) in [7, 11) is 0. The lowest BCUT2D eigenvalue weighted by atomic mass is 10.1. The van der Waals surface area contributed by atoms with Crippen LogP contribution in [0, 0.1) is 22.7 Å². The molecule has 0 aliphatic heterocycles. The molecule has 2 N–H and O–H groups in total. The number of nitrogens with zero attached hydrogens (tertiary/aromatic N) is 5. The minimum Gasteiger partial charge on any atom is -0.368 e. The minimum atomic E-state index is 0.254. The van der Waals surface area contributed by atoms with Crippen molar-refractivity contribution in [2.75, 3.05) is 5.73 Å². The molecular weight excluding hydrogens is 276 g/mol. The van der Waals surface area contributed by atoms with Gasteiger partial charge in [-0.1, -0.05) is 0 Å². The normalized spacial score (nSPS) is 9.91. The summed E-state index contributed by atoms with van der Waals surface area (Å²) in [4.78, 5) is 4.24. The highest BCUT2D eigenvalue weighted by atomic mass is 15.4. The fraction of sp³-hybridized carbons (Fsp3) is 0. The van der Waals surface area contributed by atoms with Gasteiger partial charge in [0.25, 0.3) is 0 Å². The fourth-order valence-corrected chi connectivity index (χ4v) is 2.01. The summed E-state index contributed by atoms with van der Waals surface area (Å²) in [5, 5.41) is 22.0. The molecule has 2 aromatic carbocycles. The Balaban J connectivity index is 1.99. The lowest BCUT2D eigenvalue weighted by Crippen LogP contribution is -2.02. The summed E-state index contributed by atoms with van der Waals surface area (Å²) < 4.78 is 1.51. The van der Waals surface area contributed by atoms with Crippen molar-refractivity contribution in [1.29, 1.82) is 10.5 Å². The van der Waals surface area contributed by atoms with Crippen molar-refractivity contribution in [3.63, 3.8) is 0 Å². The van der Waals surface area contributed by atoms with E-state index >= 15 is 0 Å². The molecule has 6 nitrogen and oxygen atoms in total. The Labute approximate surface area is 126 Å². The molecule has 3 aromatic rings. The van der Waals surface area contributed by atoms with E-state index in [4.69, 9.17) is 16.3 Å². The first-order valence-electron chi connectivity index (χ1n) is 6.45. The number of anilines is 1. The number of hydrogen-bond acceptors (Lipinski definition) is 5. The van der Waals surface area contributed by atoms with Crippen LogP contribution < -0.4 is 5.73 Å². The molecular formula is C16H10N6. The van der Waals surface area contributed by atoms with Gasteiger partial charge in [-0.15, -0.1) is 5.10 Å². The van der Waals surface area contributed by atoms with E-state index in [1.165, 1.54) is 4.68 Å². The average Bonchev–Trinajstić information content (AvgIpc) is 2.97. The van der Waals surface area contributed by atoms with Gasteiger partial charge in [0.1, 0.15) is 0 Å². The summed E-state index contributed by atoms with van der Waals surface area (Å²) in [6.07, 6.45) is 0. The van der Waals surface area contributed by atoms with Crippen LogP contribution in [0.2, 0.25) is 0 Å². The van der Waals surface area contributed by atoms with Gasteiger partial charge in [0.05, 0.1) is 29.0 Å². The molecule has 0 aliphatic rings. The molecule has 0 bridgehead atoms. The predicted molar refractivity (Wildman–Crippen MR) is 80.6 cm³/mol. The number of nitrogens with two attached hydrogens (primary N) is 1. The third-order valence-corrected chi connectivity index (χ3v) is 3.15. The fourth-order valence-electron chi connectivity index (χ4n) is 2.01. The van der Waals surface area contributed by atoms with E-state index < -0.39 is 0 Å². The van der Waals surface area contributed by atoms with E-state index in [2.05, 4.69) is 22.2 Å². The summed E-state index contributed by atoms with van der Waals surface area (Å²) in [5.41, 5.74) is 8.55. The highest BCUT2D eigenvalue weighted by molar-refractivity contribution is 5.58. The second-order valence-corrected chi connectivity index (χ2v) is 4.55. The van der Waals surface area contributed by atoms with Crippen molar-refractivity contribution < 1.29 is 0 Å². The smallest absolute Gasteiger partial charge is 0.223 e. The lowest BCUT2D eigenvalue weighted by molar-refractivity contribution is 0.894. The minimum absolute atomic E-state index is 0.254. The van der Waals surface area contributed by atoms with Crippen molar-refractivity contribution in [2.45, 2.75) is 0 Å². The van der Waals surface area contributed by atoms with Crippen molar-refractivity contribution in [2.24, 2.45) is 0 Å². The standard InChI is InChI=1S/C16H10N6/c17-9-11-1-5-13(6-2-11)15-20-16(19)22(21-15)14-7-3-12(10-18)4-8-14/h1-8H,(H2,19,20,21). The Bertz CT molecular complexity index is 892. The first-order valence-corrected chi connectivity index (χ1v) is 6.45. The predicted octanol–water partition coefficient (Wildman–Crippen LogP) is 2.26. The van der Waals surface area contributed by atoms with Gasteiger partial charge in [-0.25, -0.2) is 0 Å². The van der Waals surface area contributed by atoms with E-state index in [9.17, 15) is 0 Å². The number of benzene rings is 2. The van der Waals surface area contributed by atoms with Gasteiger partial charge in [0, 0.05) is 5.56 Å². The molecule has 0 saturated carbocycles. The molecule has 104 valence electrons. The molecule has 1 heterocycles. The first-order chi connectivity index (χ1) is 10.7. The van der Waals surface area contributed by atoms with Gasteiger partial charge in [-0.3, -0.25) is 0 Å². The number of rotatable bonds is 2. The van der Waals surface area contributed by atoms with Gasteiger partial charge < -0.3 is 5.73 Å². The molecule has 0 radical (unpaired) electrons. The van der Waals surface area contributed by atoms with Crippen LogP contribution >= 0.6 is 0 Å². The summed E-state index contributed by atoms with van der Waals surface area (Å²) in [5.74, 6) is 0.732. The molecule has 0 unspecified atom stereocenters. The molecule has 3 rings (SSSR count). The largest absolute Gasteiger partial charge is 0.368 e. The summed E-state index contributed by atoms with van der Waals surface area (Å²) in [6.45, 7) is 0. The van der Waals surface area contributed by atoms with Crippen LogP contribution in [0.3, 0.4) is 0 Å². The SMILES string of the molecule is N#Cc1ccc(-c2nc(N)n(-c3ccc(C#N)cc3)n2)cc1. The maximum atomic E-state index is 8.82. The molecule has 0 fully saturated rings. The number of nitrogen functional groups attached to an aromatic ring is 1. The van der Waals surface area contributed by atoms with Crippen LogP contribution in [0.1, 0.15) is 11.1 Å². The van der Waals surface area contributed by atoms with Crippen LogP contribution in [0.5, 0.6) is 0 Å². The average molecular weight is 286 g/mol. The van der Waals surface area contributed by atoms with Crippen molar-refractivity contribution in [1.82, 2.24) is 14.8 Å². The van der Waals surface area contributed by atoms with Crippen LogP contribution in [0.15, 0.2) is 48.5 Å². The Hall–Kier alpha value is -3.64. The molecule has 0 spiro atoms. The summed E-state index contributed by atoms with van der Waals surface area (Å²) >= 11 is 0. The highest BCUT2D eigenvalue weighted by Gasteiger charge is 2.10. The number of aromatic nitrogens is 3. The van der Waals surface area contributed by atoms with Crippen LogP contribution in [-0.4, -0.2) is 14.8 Å². The first kappa shape index (κ1) is 13.3. The van der Waals surface area contributed by atoms with Crippen molar-refractivity contribution >= 4 is 5.95 Å². The van der Waals surface area contributed by atoms with Gasteiger partial charge in [-0.2, -0.15) is 20.2 Å². The van der Waals surface area contributed by atoms with E-state index in [1.54, 1.807) is 48.5 Å². The van der Waals surface area contributed by atoms with Crippen LogP contribution in [0.4, 0.5) is 5.95 Å². The molecule has 0 aliphatic carbocycles. The monoisotopic (exact) mass is 286 g/mol. The second kappa shape index (κ2) is 5.39. The Morgan fingerprint density at radius 3 is 1.95 bits per heavy atom. The molecule has 0 amide bonds. The number of nitriles is 2. The van der Waals surface area contributed by atoms with Crippen molar-refractivity contribution in [3.05, 3.63) is 59.7 Å². The highest BCUT2D eigenvalue weighted by Crippen LogP contribution is 2.20. The Morgan fingerprint density at radius 1 is 0.864 bits per heavy atom. The number of hydrogen-bond donors (Lipinski definition) is 1. The zero-order valence-corrected chi connectivity index (χ0v) is 11.4. The molecule has 1 aromatic heterocycles. The Morgan fingerprint density at radius 2 is 1.41 bits per heavy atom. The maximum Gasteiger partial charge on any atom is 0.223 e. The lowest BCUT2D eigenvalue weighted by Gasteiger charge is -2.01. The third kappa shape index (κ3) is 2.37. The zero-order valence-electron chi connectivity index (χ0n) is 11.4. The maximum absolute atomic E-state index is 8.82. The molecule has 6 heteroatoms. The van der Waals surface area contributed by atoms with Crippen LogP contribution in [-0.2, 0) is 0 Å².